The molecular formula is C11H10O2S. The van der Waals surface area contributed by atoms with Crippen molar-refractivity contribution < 1.29 is 9.59 Å². The molecule has 1 aromatic carbocycles. The van der Waals surface area contributed by atoms with Crippen LogP contribution in [0.15, 0.2) is 30.3 Å². The quantitative estimate of drug-likeness (QED) is 0.655. The molecular weight excluding hydrogens is 196 g/mol. The average molecular weight is 206 g/mol. The fourth-order valence-electron chi connectivity index (χ4n) is 1.62. The third-order valence-corrected chi connectivity index (χ3v) is 3.24. The molecule has 0 unspecified atom stereocenters. The van der Waals surface area contributed by atoms with Gasteiger partial charge in [-0.05, 0) is 5.56 Å². The van der Waals surface area contributed by atoms with E-state index in [4.69, 9.17) is 0 Å². The van der Waals surface area contributed by atoms with Gasteiger partial charge in [-0.3, -0.25) is 9.59 Å². The molecule has 2 nitrogen and oxygen atoms in total. The fourth-order valence-corrected chi connectivity index (χ4v) is 2.45. The van der Waals surface area contributed by atoms with E-state index in [0.29, 0.717) is 11.5 Å². The summed E-state index contributed by atoms with van der Waals surface area (Å²) in [5.74, 6) is 0.503. The number of thioether (sulfide) groups is 1. The second-order valence-electron chi connectivity index (χ2n) is 3.27. The monoisotopic (exact) mass is 206 g/mol. The Morgan fingerprint density at radius 3 is 2.14 bits per heavy atom. The highest BCUT2D eigenvalue weighted by atomic mass is 32.2. The Morgan fingerprint density at radius 1 is 1.00 bits per heavy atom. The highest BCUT2D eigenvalue weighted by molar-refractivity contribution is 8.00. The molecule has 0 N–H and O–H groups in total. The van der Waals surface area contributed by atoms with Gasteiger partial charge in [0.15, 0.2) is 11.6 Å². The highest BCUT2D eigenvalue weighted by Gasteiger charge is 2.31. The van der Waals surface area contributed by atoms with Crippen molar-refractivity contribution in [1.29, 1.82) is 0 Å². The van der Waals surface area contributed by atoms with Gasteiger partial charge >= 0.3 is 0 Å². The predicted molar refractivity (Wildman–Crippen MR) is 56.5 cm³/mol. The summed E-state index contributed by atoms with van der Waals surface area (Å²) in [7, 11) is 0. The van der Waals surface area contributed by atoms with Crippen molar-refractivity contribution in [3.63, 3.8) is 0 Å². The smallest absolute Gasteiger partial charge is 0.157 e. The maximum atomic E-state index is 11.6. The molecule has 2 rings (SSSR count). The van der Waals surface area contributed by atoms with Crippen molar-refractivity contribution in [3.8, 4) is 0 Å². The molecule has 0 amide bonds. The Morgan fingerprint density at radius 2 is 1.57 bits per heavy atom. The van der Waals surface area contributed by atoms with Crippen LogP contribution in [-0.2, 0) is 9.59 Å². The summed E-state index contributed by atoms with van der Waals surface area (Å²) in [4.78, 5) is 23.1. The van der Waals surface area contributed by atoms with Gasteiger partial charge < -0.3 is 0 Å². The van der Waals surface area contributed by atoms with E-state index in [-0.39, 0.29) is 11.6 Å². The van der Waals surface area contributed by atoms with E-state index in [9.17, 15) is 9.59 Å². The first-order valence-electron chi connectivity index (χ1n) is 4.47. The Balaban J connectivity index is 2.32. The third-order valence-electron chi connectivity index (χ3n) is 2.27. The summed E-state index contributed by atoms with van der Waals surface area (Å²) in [5, 5.41) is 0. The summed E-state index contributed by atoms with van der Waals surface area (Å²) in [6.45, 7) is 0. The van der Waals surface area contributed by atoms with Gasteiger partial charge in [-0.25, -0.2) is 0 Å². The van der Waals surface area contributed by atoms with E-state index in [2.05, 4.69) is 0 Å². The summed E-state index contributed by atoms with van der Waals surface area (Å²) >= 11 is 1.41. The Bertz CT molecular complexity index is 343. The molecule has 0 spiro atoms. The zero-order valence-electron chi connectivity index (χ0n) is 7.60. The van der Waals surface area contributed by atoms with Crippen LogP contribution in [0.5, 0.6) is 0 Å². The van der Waals surface area contributed by atoms with Gasteiger partial charge in [0.1, 0.15) is 5.92 Å². The standard InChI is InChI=1S/C11H10O2S/c12-9-6-14-7-10(13)11(9)8-4-2-1-3-5-8/h1-5,11H,6-7H2. The van der Waals surface area contributed by atoms with E-state index >= 15 is 0 Å². The van der Waals surface area contributed by atoms with Gasteiger partial charge in [-0.2, -0.15) is 0 Å². The fraction of sp³-hybridized carbons (Fsp3) is 0.273. The normalized spacial score (nSPS) is 18.6. The van der Waals surface area contributed by atoms with Gasteiger partial charge in [-0.15, -0.1) is 11.8 Å². The number of hydrogen-bond donors (Lipinski definition) is 0. The molecule has 0 radical (unpaired) electrons. The molecule has 0 aliphatic carbocycles. The number of benzene rings is 1. The van der Waals surface area contributed by atoms with Crippen LogP contribution in [0.25, 0.3) is 0 Å². The zero-order chi connectivity index (χ0) is 9.97. The van der Waals surface area contributed by atoms with E-state index in [0.717, 1.165) is 5.56 Å². The minimum atomic E-state index is -0.502. The van der Waals surface area contributed by atoms with Gasteiger partial charge in [0.2, 0.25) is 0 Å². The number of hydrogen-bond acceptors (Lipinski definition) is 3. The van der Waals surface area contributed by atoms with Crippen molar-refractivity contribution in [1.82, 2.24) is 0 Å². The predicted octanol–water partition coefficient (Wildman–Crippen LogP) is 1.66. The van der Waals surface area contributed by atoms with Crippen LogP contribution in [-0.4, -0.2) is 23.1 Å². The third kappa shape index (κ3) is 1.73. The maximum absolute atomic E-state index is 11.6. The molecule has 1 heterocycles. The molecule has 0 saturated carbocycles. The van der Waals surface area contributed by atoms with Crippen molar-refractivity contribution >= 4 is 23.3 Å². The van der Waals surface area contributed by atoms with Crippen molar-refractivity contribution in [3.05, 3.63) is 35.9 Å². The molecule has 72 valence electrons. The molecule has 1 aliphatic heterocycles. The van der Waals surface area contributed by atoms with Crippen LogP contribution in [0.4, 0.5) is 0 Å². The maximum Gasteiger partial charge on any atom is 0.157 e. The number of Topliss-reactive ketones (excluding diaryl/α,β-unsaturated/α-hetero) is 2. The molecule has 1 fully saturated rings. The molecule has 14 heavy (non-hydrogen) atoms. The first kappa shape index (κ1) is 9.46. The summed E-state index contributed by atoms with van der Waals surface area (Å²) < 4.78 is 0. The lowest BCUT2D eigenvalue weighted by atomic mass is 9.92. The largest absolute Gasteiger partial charge is 0.298 e. The lowest BCUT2D eigenvalue weighted by Crippen LogP contribution is -2.29. The zero-order valence-corrected chi connectivity index (χ0v) is 8.42. The number of carbonyl (C=O) groups excluding carboxylic acids is 2. The molecule has 0 atom stereocenters. The lowest BCUT2D eigenvalue weighted by Gasteiger charge is -2.19. The van der Waals surface area contributed by atoms with Crippen molar-refractivity contribution in [2.45, 2.75) is 5.92 Å². The molecule has 1 aromatic rings. The Hall–Kier alpha value is -1.09. The van der Waals surface area contributed by atoms with Crippen LogP contribution in [0.1, 0.15) is 11.5 Å². The average Bonchev–Trinajstić information content (AvgIpc) is 2.19. The van der Waals surface area contributed by atoms with Gasteiger partial charge in [-0.1, -0.05) is 30.3 Å². The van der Waals surface area contributed by atoms with Crippen LogP contribution in [0.2, 0.25) is 0 Å². The minimum absolute atomic E-state index is 0.0393. The SMILES string of the molecule is O=C1CSCC(=O)C1c1ccccc1. The molecule has 1 saturated heterocycles. The van der Waals surface area contributed by atoms with Crippen LogP contribution in [0, 0.1) is 0 Å². The lowest BCUT2D eigenvalue weighted by molar-refractivity contribution is -0.126. The van der Waals surface area contributed by atoms with E-state index < -0.39 is 5.92 Å². The first-order chi connectivity index (χ1) is 6.79. The van der Waals surface area contributed by atoms with Gasteiger partial charge in [0.25, 0.3) is 0 Å². The van der Waals surface area contributed by atoms with E-state index in [1.165, 1.54) is 11.8 Å². The topological polar surface area (TPSA) is 34.1 Å². The van der Waals surface area contributed by atoms with Crippen LogP contribution >= 0.6 is 11.8 Å². The van der Waals surface area contributed by atoms with Crippen molar-refractivity contribution in [2.24, 2.45) is 0 Å². The second-order valence-corrected chi connectivity index (χ2v) is 4.25. The highest BCUT2D eigenvalue weighted by Crippen LogP contribution is 2.25. The Kier molecular flexibility index (Phi) is 2.68. The molecule has 0 bridgehead atoms. The van der Waals surface area contributed by atoms with Crippen molar-refractivity contribution in [2.75, 3.05) is 11.5 Å². The van der Waals surface area contributed by atoms with Crippen LogP contribution in [0.3, 0.4) is 0 Å². The minimum Gasteiger partial charge on any atom is -0.298 e. The van der Waals surface area contributed by atoms with Crippen LogP contribution < -0.4 is 0 Å². The summed E-state index contributed by atoms with van der Waals surface area (Å²) in [6, 6.07) is 9.29. The number of rotatable bonds is 1. The van der Waals surface area contributed by atoms with E-state index in [1.807, 2.05) is 30.3 Å². The molecule has 1 aliphatic rings. The summed E-state index contributed by atoms with van der Waals surface area (Å²) in [5.41, 5.74) is 0.836. The van der Waals surface area contributed by atoms with Gasteiger partial charge in [0.05, 0.1) is 11.5 Å². The Labute approximate surface area is 86.7 Å². The molecule has 0 aromatic heterocycles. The molecule has 3 heteroatoms. The summed E-state index contributed by atoms with van der Waals surface area (Å²) in [6.07, 6.45) is 0. The second kappa shape index (κ2) is 3.96. The number of carbonyl (C=O) groups is 2. The van der Waals surface area contributed by atoms with E-state index in [1.54, 1.807) is 0 Å². The first-order valence-corrected chi connectivity index (χ1v) is 5.62. The van der Waals surface area contributed by atoms with Gasteiger partial charge in [0, 0.05) is 0 Å². The number of ketones is 2.